The maximum atomic E-state index is 4.81. The lowest BCUT2D eigenvalue weighted by Crippen LogP contribution is -2.35. The van der Waals surface area contributed by atoms with E-state index in [9.17, 15) is 0 Å². The lowest BCUT2D eigenvalue weighted by molar-refractivity contribution is 0.642. The van der Waals surface area contributed by atoms with Crippen LogP contribution in [0.1, 0.15) is 26.3 Å². The van der Waals surface area contributed by atoms with Gasteiger partial charge >= 0.3 is 0 Å². The van der Waals surface area contributed by atoms with Crippen LogP contribution in [0.2, 0.25) is 0 Å². The zero-order valence-corrected chi connectivity index (χ0v) is 12.5. The van der Waals surface area contributed by atoms with Crippen LogP contribution in [-0.4, -0.2) is 17.0 Å². The van der Waals surface area contributed by atoms with Crippen molar-refractivity contribution in [3.8, 4) is 0 Å². The smallest absolute Gasteiger partial charge is 0.168 e. The summed E-state index contributed by atoms with van der Waals surface area (Å²) in [4.78, 5) is 7.05. The molecule has 0 saturated carbocycles. The molecule has 0 spiro atoms. The Labute approximate surface area is 114 Å². The lowest BCUT2D eigenvalue weighted by Gasteiger charge is -2.34. The van der Waals surface area contributed by atoms with E-state index in [-0.39, 0.29) is 5.54 Å². The summed E-state index contributed by atoms with van der Waals surface area (Å²) >= 11 is 1.70. The molecule has 18 heavy (non-hydrogen) atoms. The summed E-state index contributed by atoms with van der Waals surface area (Å²) in [5, 5.41) is 1.06. The fraction of sp³-hybridized carbons (Fsp3) is 0.400. The number of anilines is 1. The number of hydrogen-bond acceptors (Lipinski definition) is 3. The standard InChI is InChI=1S/C15H20N2S/c1-11-8-6-7-9-13(11)17-12(2)10-15(3,4)16-14(17)18-5/h6-10H,1-5H3. The van der Waals surface area contributed by atoms with Crippen LogP contribution in [-0.2, 0) is 0 Å². The van der Waals surface area contributed by atoms with E-state index in [4.69, 9.17) is 4.99 Å². The lowest BCUT2D eigenvalue weighted by atomic mass is 10.0. The summed E-state index contributed by atoms with van der Waals surface area (Å²) < 4.78 is 0. The summed E-state index contributed by atoms with van der Waals surface area (Å²) in [5.74, 6) is 0. The van der Waals surface area contributed by atoms with Gasteiger partial charge in [-0.25, -0.2) is 0 Å². The van der Waals surface area contributed by atoms with Gasteiger partial charge in [0.25, 0.3) is 0 Å². The fourth-order valence-corrected chi connectivity index (χ4v) is 3.05. The van der Waals surface area contributed by atoms with Crippen LogP contribution in [0, 0.1) is 6.92 Å². The molecule has 0 fully saturated rings. The maximum absolute atomic E-state index is 4.81. The molecule has 0 amide bonds. The van der Waals surface area contributed by atoms with E-state index in [1.54, 1.807) is 11.8 Å². The Bertz CT molecular complexity index is 515. The molecule has 2 nitrogen and oxygen atoms in total. The summed E-state index contributed by atoms with van der Waals surface area (Å²) in [7, 11) is 0. The highest BCUT2D eigenvalue weighted by Crippen LogP contribution is 2.32. The fourth-order valence-electron chi connectivity index (χ4n) is 2.30. The SMILES string of the molecule is CSC1=NC(C)(C)C=C(C)N1c1ccccc1C. The van der Waals surface area contributed by atoms with Gasteiger partial charge in [0.1, 0.15) is 0 Å². The summed E-state index contributed by atoms with van der Waals surface area (Å²) in [6, 6.07) is 8.44. The van der Waals surface area contributed by atoms with Crippen molar-refractivity contribution in [2.75, 3.05) is 11.2 Å². The number of benzene rings is 1. The second-order valence-corrected chi connectivity index (χ2v) is 5.93. The molecule has 0 saturated heterocycles. The Morgan fingerprint density at radius 1 is 1.17 bits per heavy atom. The molecule has 2 rings (SSSR count). The van der Waals surface area contributed by atoms with Gasteiger partial charge in [0, 0.05) is 5.70 Å². The number of rotatable bonds is 1. The monoisotopic (exact) mass is 260 g/mol. The normalized spacial score (nSPS) is 18.4. The Morgan fingerprint density at radius 3 is 2.44 bits per heavy atom. The minimum Gasteiger partial charge on any atom is -0.294 e. The molecule has 1 aromatic carbocycles. The van der Waals surface area contributed by atoms with Gasteiger partial charge in [0.05, 0.1) is 11.2 Å². The number of allylic oxidation sites excluding steroid dienone is 1. The molecule has 1 aliphatic heterocycles. The number of nitrogens with zero attached hydrogens (tertiary/aromatic N) is 2. The van der Waals surface area contributed by atoms with E-state index in [2.05, 4.69) is 69.2 Å². The number of para-hydroxylation sites is 1. The van der Waals surface area contributed by atoms with Gasteiger partial charge in [0.2, 0.25) is 0 Å². The van der Waals surface area contributed by atoms with Gasteiger partial charge in [-0.2, -0.15) is 0 Å². The molecule has 1 heterocycles. The third-order valence-corrected chi connectivity index (χ3v) is 3.67. The average Bonchev–Trinajstić information content (AvgIpc) is 2.28. The molecular weight excluding hydrogens is 240 g/mol. The van der Waals surface area contributed by atoms with E-state index in [0.717, 1.165) is 5.17 Å². The molecule has 3 heteroatoms. The van der Waals surface area contributed by atoms with Gasteiger partial charge in [-0.05, 0) is 51.7 Å². The van der Waals surface area contributed by atoms with E-state index >= 15 is 0 Å². The van der Waals surface area contributed by atoms with Crippen molar-refractivity contribution in [3.63, 3.8) is 0 Å². The van der Waals surface area contributed by atoms with Crippen molar-refractivity contribution in [2.45, 2.75) is 33.2 Å². The Morgan fingerprint density at radius 2 is 1.83 bits per heavy atom. The molecular formula is C15H20N2S. The summed E-state index contributed by atoms with van der Waals surface area (Å²) in [6.07, 6.45) is 4.30. The van der Waals surface area contributed by atoms with Crippen LogP contribution in [0.4, 0.5) is 5.69 Å². The first kappa shape index (κ1) is 13.2. The third kappa shape index (κ3) is 2.46. The van der Waals surface area contributed by atoms with Crippen LogP contribution in [0.5, 0.6) is 0 Å². The molecule has 96 valence electrons. The summed E-state index contributed by atoms with van der Waals surface area (Å²) in [5.41, 5.74) is 3.62. The summed E-state index contributed by atoms with van der Waals surface area (Å²) in [6.45, 7) is 8.57. The Kier molecular flexibility index (Phi) is 3.53. The van der Waals surface area contributed by atoms with Gasteiger partial charge in [0.15, 0.2) is 5.17 Å². The van der Waals surface area contributed by atoms with Gasteiger partial charge < -0.3 is 0 Å². The zero-order chi connectivity index (χ0) is 13.3. The highest BCUT2D eigenvalue weighted by Gasteiger charge is 2.26. The van der Waals surface area contributed by atoms with Crippen LogP contribution in [0.25, 0.3) is 0 Å². The van der Waals surface area contributed by atoms with Gasteiger partial charge in [-0.15, -0.1) is 0 Å². The Balaban J connectivity index is 2.51. The first-order valence-electron chi connectivity index (χ1n) is 6.14. The van der Waals surface area contributed by atoms with Crippen LogP contribution >= 0.6 is 11.8 Å². The van der Waals surface area contributed by atoms with Crippen molar-refractivity contribution >= 4 is 22.6 Å². The predicted molar refractivity (Wildman–Crippen MR) is 82.4 cm³/mol. The van der Waals surface area contributed by atoms with Crippen molar-refractivity contribution in [1.82, 2.24) is 0 Å². The molecule has 0 radical (unpaired) electrons. The van der Waals surface area contributed by atoms with Gasteiger partial charge in [-0.3, -0.25) is 9.89 Å². The molecule has 0 unspecified atom stereocenters. The molecule has 0 bridgehead atoms. The van der Waals surface area contributed by atoms with Gasteiger partial charge in [-0.1, -0.05) is 30.0 Å². The van der Waals surface area contributed by atoms with Crippen molar-refractivity contribution in [1.29, 1.82) is 0 Å². The second kappa shape index (κ2) is 4.81. The number of hydrogen-bond donors (Lipinski definition) is 0. The van der Waals surface area contributed by atoms with E-state index in [1.165, 1.54) is 16.9 Å². The molecule has 1 aliphatic rings. The van der Waals surface area contributed by atoms with Crippen LogP contribution in [0.3, 0.4) is 0 Å². The van der Waals surface area contributed by atoms with Crippen molar-refractivity contribution in [3.05, 3.63) is 41.6 Å². The quantitative estimate of drug-likeness (QED) is 0.751. The number of amidine groups is 1. The third-order valence-electron chi connectivity index (χ3n) is 3.03. The maximum Gasteiger partial charge on any atom is 0.168 e. The van der Waals surface area contributed by atoms with Crippen molar-refractivity contribution in [2.24, 2.45) is 4.99 Å². The molecule has 0 N–H and O–H groups in total. The second-order valence-electron chi connectivity index (χ2n) is 5.16. The zero-order valence-electron chi connectivity index (χ0n) is 11.7. The van der Waals surface area contributed by atoms with E-state index < -0.39 is 0 Å². The number of aryl methyl sites for hydroxylation is 1. The minimum absolute atomic E-state index is 0.110. The van der Waals surface area contributed by atoms with E-state index in [0.29, 0.717) is 0 Å². The Hall–Kier alpha value is -1.22. The molecule has 1 aromatic rings. The van der Waals surface area contributed by atoms with Crippen molar-refractivity contribution < 1.29 is 0 Å². The topological polar surface area (TPSA) is 15.6 Å². The first-order valence-corrected chi connectivity index (χ1v) is 7.36. The molecule has 0 aromatic heterocycles. The number of thioether (sulfide) groups is 1. The van der Waals surface area contributed by atoms with E-state index in [1.807, 2.05) is 0 Å². The van der Waals surface area contributed by atoms with Crippen LogP contribution in [0.15, 0.2) is 41.0 Å². The largest absolute Gasteiger partial charge is 0.294 e. The average molecular weight is 260 g/mol. The first-order chi connectivity index (χ1) is 8.44. The number of aliphatic imine (C=N–C) groups is 1. The predicted octanol–water partition coefficient (Wildman–Crippen LogP) is 4.22. The van der Waals surface area contributed by atoms with Crippen LogP contribution < -0.4 is 4.90 Å². The highest BCUT2D eigenvalue weighted by molar-refractivity contribution is 8.13. The molecule has 0 atom stereocenters. The highest BCUT2D eigenvalue weighted by atomic mass is 32.2. The minimum atomic E-state index is -0.110. The molecule has 0 aliphatic carbocycles.